The minimum Gasteiger partial charge on any atom is -0.432 e. The van der Waals surface area contributed by atoms with Crippen molar-refractivity contribution >= 4 is 32.2 Å². The normalized spacial score (nSPS) is 12.1. The van der Waals surface area contributed by atoms with E-state index in [-0.39, 0.29) is 10.5 Å². The largest absolute Gasteiger partial charge is 0.432 e. The summed E-state index contributed by atoms with van der Waals surface area (Å²) in [7, 11) is -8.24. The van der Waals surface area contributed by atoms with Crippen molar-refractivity contribution in [1.29, 1.82) is 0 Å². The summed E-state index contributed by atoms with van der Waals surface area (Å²) in [6.45, 7) is 7.04. The van der Waals surface area contributed by atoms with Crippen molar-refractivity contribution in [3.63, 3.8) is 0 Å². The highest BCUT2D eigenvalue weighted by Crippen LogP contribution is 2.25. The number of benzene rings is 1. The molecule has 0 aromatic heterocycles. The van der Waals surface area contributed by atoms with Crippen molar-refractivity contribution in [2.24, 2.45) is 0 Å². The van der Waals surface area contributed by atoms with Crippen LogP contribution in [-0.2, 0) is 20.0 Å². The van der Waals surface area contributed by atoms with Gasteiger partial charge in [-0.1, -0.05) is 31.4 Å². The molecule has 0 fully saturated rings. The Bertz CT molecular complexity index is 688. The number of rotatable bonds is 5. The molecule has 0 atom stereocenters. The number of hydrogen-bond donors (Lipinski definition) is 0. The van der Waals surface area contributed by atoms with Gasteiger partial charge in [0.2, 0.25) is 0 Å². The van der Waals surface area contributed by atoms with Crippen molar-refractivity contribution in [1.82, 2.24) is 0 Å². The molecule has 0 heterocycles. The lowest BCUT2D eigenvalue weighted by Crippen LogP contribution is -2.07. The Morgan fingerprint density at radius 2 is 1.72 bits per heavy atom. The highest BCUT2D eigenvalue weighted by atomic mass is 32.3. The molecule has 0 N–H and O–H groups in total. The standard InChI is InChI=1S/C11H12NO4S2/c1-4-9-6-7-11(10(5-2)8-9)18(15,16)12-17(3,13)14/h4-8H,1-2H2,3H3/q-1. The van der Waals surface area contributed by atoms with Crippen LogP contribution in [0.2, 0.25) is 0 Å². The van der Waals surface area contributed by atoms with Crippen molar-refractivity contribution in [2.75, 3.05) is 6.26 Å². The molecular weight excluding hydrogens is 274 g/mol. The van der Waals surface area contributed by atoms with E-state index in [0.717, 1.165) is 6.26 Å². The topological polar surface area (TPSA) is 82.4 Å². The summed E-state index contributed by atoms with van der Waals surface area (Å²) >= 11 is 0. The van der Waals surface area contributed by atoms with Crippen LogP contribution in [0.1, 0.15) is 11.1 Å². The van der Waals surface area contributed by atoms with Gasteiger partial charge in [-0.2, -0.15) is 0 Å². The smallest absolute Gasteiger partial charge is 0.112 e. The fourth-order valence-electron chi connectivity index (χ4n) is 1.31. The number of sulfonamides is 2. The second kappa shape index (κ2) is 5.05. The third kappa shape index (κ3) is 3.52. The highest BCUT2D eigenvalue weighted by molar-refractivity contribution is 8.12. The average Bonchev–Trinajstić information content (AvgIpc) is 2.24. The van der Waals surface area contributed by atoms with Crippen LogP contribution in [0.15, 0.2) is 36.3 Å². The summed E-state index contributed by atoms with van der Waals surface area (Å²) in [5, 5.41) is 0. The molecule has 1 rings (SSSR count). The molecule has 0 unspecified atom stereocenters. The molecule has 5 nitrogen and oxygen atoms in total. The second-order valence-electron chi connectivity index (χ2n) is 3.49. The maximum atomic E-state index is 11.8. The van der Waals surface area contributed by atoms with E-state index in [1.807, 2.05) is 0 Å². The Balaban J connectivity index is 3.42. The third-order valence-corrected chi connectivity index (χ3v) is 4.80. The molecule has 0 bridgehead atoms. The Morgan fingerprint density at radius 1 is 1.11 bits per heavy atom. The molecule has 0 aliphatic rings. The molecule has 0 aliphatic carbocycles. The Kier molecular flexibility index (Phi) is 4.10. The summed E-state index contributed by atoms with van der Waals surface area (Å²) in [6.07, 6.45) is 3.57. The van der Waals surface area contributed by atoms with E-state index in [4.69, 9.17) is 0 Å². The maximum absolute atomic E-state index is 11.8. The van der Waals surface area contributed by atoms with E-state index in [9.17, 15) is 16.8 Å². The maximum Gasteiger partial charge on any atom is 0.112 e. The SMILES string of the molecule is C=Cc1ccc(S(=O)(=O)[N-]S(C)(=O)=O)c(C=C)c1. The van der Waals surface area contributed by atoms with Gasteiger partial charge >= 0.3 is 0 Å². The van der Waals surface area contributed by atoms with Crippen LogP contribution in [0.3, 0.4) is 0 Å². The van der Waals surface area contributed by atoms with Gasteiger partial charge in [-0.05, 0) is 23.3 Å². The lowest BCUT2D eigenvalue weighted by Gasteiger charge is -2.19. The summed E-state index contributed by atoms with van der Waals surface area (Å²) in [4.78, 5) is -0.200. The van der Waals surface area contributed by atoms with Gasteiger partial charge in [0.1, 0.15) is 10.0 Å². The first kappa shape index (κ1) is 14.6. The molecule has 0 amide bonds. The van der Waals surface area contributed by atoms with Gasteiger partial charge < -0.3 is 4.13 Å². The monoisotopic (exact) mass is 286 g/mol. The van der Waals surface area contributed by atoms with Crippen molar-refractivity contribution < 1.29 is 16.8 Å². The summed E-state index contributed by atoms with van der Waals surface area (Å²) in [5.41, 5.74) is 0.975. The van der Waals surface area contributed by atoms with Gasteiger partial charge in [0.15, 0.2) is 0 Å². The zero-order valence-electron chi connectivity index (χ0n) is 9.70. The fraction of sp³-hybridized carbons (Fsp3) is 0.0909. The first-order valence-electron chi connectivity index (χ1n) is 4.78. The van der Waals surface area contributed by atoms with Crippen molar-refractivity contribution in [3.05, 3.63) is 46.6 Å². The van der Waals surface area contributed by atoms with Crippen LogP contribution in [0.4, 0.5) is 0 Å². The first-order valence-corrected chi connectivity index (χ1v) is 8.06. The molecule has 7 heteroatoms. The van der Waals surface area contributed by atoms with Gasteiger partial charge in [-0.3, -0.25) is 0 Å². The molecular formula is C11H12NO4S2-. The summed E-state index contributed by atoms with van der Waals surface area (Å²) < 4.78 is 48.4. The predicted molar refractivity (Wildman–Crippen MR) is 72.0 cm³/mol. The molecule has 1 aromatic carbocycles. The molecule has 18 heavy (non-hydrogen) atoms. The Labute approximate surface area is 107 Å². The zero-order valence-corrected chi connectivity index (χ0v) is 11.3. The van der Waals surface area contributed by atoms with Gasteiger partial charge in [0.25, 0.3) is 0 Å². The molecule has 0 radical (unpaired) electrons. The van der Waals surface area contributed by atoms with Crippen LogP contribution in [0, 0.1) is 0 Å². The minimum atomic E-state index is -4.25. The lowest BCUT2D eigenvalue weighted by atomic mass is 10.1. The number of nitrogens with zero attached hydrogens (tertiary/aromatic N) is 1. The fourth-order valence-corrected chi connectivity index (χ4v) is 3.73. The average molecular weight is 286 g/mol. The number of hydrogen-bond acceptors (Lipinski definition) is 4. The van der Waals surface area contributed by atoms with Crippen LogP contribution >= 0.6 is 0 Å². The molecule has 0 saturated heterocycles. The van der Waals surface area contributed by atoms with Crippen LogP contribution in [0.25, 0.3) is 16.3 Å². The molecule has 0 saturated carbocycles. The van der Waals surface area contributed by atoms with E-state index in [2.05, 4.69) is 17.3 Å². The van der Waals surface area contributed by atoms with Crippen LogP contribution in [0.5, 0.6) is 0 Å². The Hall–Kier alpha value is -1.44. The summed E-state index contributed by atoms with van der Waals surface area (Å²) in [5.74, 6) is 0. The zero-order chi connectivity index (χ0) is 14.0. The quantitative estimate of drug-likeness (QED) is 0.828. The van der Waals surface area contributed by atoms with E-state index in [1.54, 1.807) is 0 Å². The van der Waals surface area contributed by atoms with Gasteiger partial charge in [-0.25, -0.2) is 16.8 Å². The minimum absolute atomic E-state index is 0.200. The lowest BCUT2D eigenvalue weighted by molar-refractivity contribution is 0.598. The third-order valence-electron chi connectivity index (χ3n) is 2.00. The van der Waals surface area contributed by atoms with Crippen molar-refractivity contribution in [3.8, 4) is 0 Å². The van der Waals surface area contributed by atoms with E-state index < -0.39 is 20.0 Å². The first-order chi connectivity index (χ1) is 8.19. The Morgan fingerprint density at radius 3 is 2.17 bits per heavy atom. The molecule has 98 valence electrons. The van der Waals surface area contributed by atoms with Crippen LogP contribution in [-0.4, -0.2) is 23.1 Å². The molecule has 0 aliphatic heterocycles. The van der Waals surface area contributed by atoms with E-state index in [0.29, 0.717) is 5.56 Å². The summed E-state index contributed by atoms with van der Waals surface area (Å²) in [6, 6.07) is 4.31. The van der Waals surface area contributed by atoms with Gasteiger partial charge in [0.05, 0.1) is 14.9 Å². The van der Waals surface area contributed by atoms with Gasteiger partial charge in [-0.15, -0.1) is 0 Å². The van der Waals surface area contributed by atoms with E-state index in [1.165, 1.54) is 30.4 Å². The van der Waals surface area contributed by atoms with Crippen molar-refractivity contribution in [2.45, 2.75) is 4.90 Å². The van der Waals surface area contributed by atoms with Crippen LogP contribution < -0.4 is 0 Å². The van der Waals surface area contributed by atoms with Gasteiger partial charge in [0, 0.05) is 6.26 Å². The highest BCUT2D eigenvalue weighted by Gasteiger charge is 2.11. The molecule has 0 spiro atoms. The molecule has 1 aromatic rings. The second-order valence-corrected chi connectivity index (χ2v) is 6.94. The van der Waals surface area contributed by atoms with E-state index >= 15 is 0 Å². The predicted octanol–water partition coefficient (Wildman–Crippen LogP) is 1.99.